The second-order valence-electron chi connectivity index (χ2n) is 5.48. The Morgan fingerprint density at radius 1 is 1.13 bits per heavy atom. The molecule has 0 saturated heterocycles. The van der Waals surface area contributed by atoms with Crippen molar-refractivity contribution < 1.29 is 17.9 Å². The largest absolute Gasteiger partial charge is 0.465 e. The Kier molecular flexibility index (Phi) is 3.85. The topological polar surface area (TPSA) is 63.7 Å². The summed E-state index contributed by atoms with van der Waals surface area (Å²) < 4.78 is 31.8. The number of rotatable bonds is 3. The summed E-state index contributed by atoms with van der Waals surface area (Å²) in [5, 5.41) is 0. The molecule has 0 bridgehead atoms. The molecular weight excluding hydrogens is 314 g/mol. The molecule has 0 atom stereocenters. The van der Waals surface area contributed by atoms with Crippen LogP contribution in [0.4, 0.5) is 5.69 Å². The molecule has 5 nitrogen and oxygen atoms in total. The first-order valence-corrected chi connectivity index (χ1v) is 8.68. The predicted octanol–water partition coefficient (Wildman–Crippen LogP) is 2.53. The fraction of sp³-hybridized carbons (Fsp3) is 0.235. The van der Waals surface area contributed by atoms with Crippen LogP contribution in [-0.2, 0) is 21.2 Å². The van der Waals surface area contributed by atoms with E-state index >= 15 is 0 Å². The number of hydrogen-bond acceptors (Lipinski definition) is 4. The number of benzene rings is 2. The number of methoxy groups -OCH3 is 1. The second-order valence-corrected chi connectivity index (χ2v) is 7.34. The normalized spacial score (nSPS) is 13.7. The lowest BCUT2D eigenvalue weighted by atomic mass is 10.1. The third-order valence-electron chi connectivity index (χ3n) is 3.97. The fourth-order valence-electron chi connectivity index (χ4n) is 2.68. The molecule has 0 fully saturated rings. The molecule has 0 amide bonds. The monoisotopic (exact) mass is 331 g/mol. The van der Waals surface area contributed by atoms with Crippen molar-refractivity contribution >= 4 is 21.7 Å². The van der Waals surface area contributed by atoms with Crippen LogP contribution in [0.1, 0.15) is 21.5 Å². The van der Waals surface area contributed by atoms with E-state index in [2.05, 4.69) is 0 Å². The van der Waals surface area contributed by atoms with E-state index in [1.54, 1.807) is 42.5 Å². The fourth-order valence-corrected chi connectivity index (χ4v) is 4.18. The van der Waals surface area contributed by atoms with Gasteiger partial charge in [0.15, 0.2) is 0 Å². The van der Waals surface area contributed by atoms with Crippen LogP contribution in [0.25, 0.3) is 0 Å². The molecule has 2 aromatic rings. The maximum atomic E-state index is 12.9. The van der Waals surface area contributed by atoms with E-state index in [-0.39, 0.29) is 4.90 Å². The van der Waals surface area contributed by atoms with Gasteiger partial charge in [-0.15, -0.1) is 0 Å². The molecule has 2 aromatic carbocycles. The molecule has 0 N–H and O–H groups in total. The molecule has 3 rings (SSSR count). The van der Waals surface area contributed by atoms with Gasteiger partial charge in [0.2, 0.25) is 0 Å². The van der Waals surface area contributed by atoms with E-state index in [4.69, 9.17) is 4.74 Å². The molecule has 0 aromatic heterocycles. The van der Waals surface area contributed by atoms with Crippen molar-refractivity contribution in [2.24, 2.45) is 0 Å². The van der Waals surface area contributed by atoms with Crippen LogP contribution >= 0.6 is 0 Å². The number of hydrogen-bond donors (Lipinski definition) is 0. The highest BCUT2D eigenvalue weighted by molar-refractivity contribution is 7.92. The molecule has 1 aliphatic heterocycles. The summed E-state index contributed by atoms with van der Waals surface area (Å²) in [6.07, 6.45) is 0.627. The minimum absolute atomic E-state index is 0.249. The number of sulfonamides is 1. The molecule has 120 valence electrons. The van der Waals surface area contributed by atoms with E-state index in [1.807, 2.05) is 6.92 Å². The van der Waals surface area contributed by atoms with Crippen LogP contribution in [0.15, 0.2) is 47.4 Å². The van der Waals surface area contributed by atoms with Gasteiger partial charge in [0.05, 0.1) is 23.3 Å². The van der Waals surface area contributed by atoms with E-state index in [0.29, 0.717) is 24.2 Å². The van der Waals surface area contributed by atoms with Crippen molar-refractivity contribution in [3.8, 4) is 0 Å². The van der Waals surface area contributed by atoms with Gasteiger partial charge in [0.1, 0.15) is 0 Å². The summed E-state index contributed by atoms with van der Waals surface area (Å²) in [6, 6.07) is 11.8. The second kappa shape index (κ2) is 5.70. The van der Waals surface area contributed by atoms with Gasteiger partial charge in [-0.3, -0.25) is 4.31 Å². The van der Waals surface area contributed by atoms with Gasteiger partial charge in [-0.25, -0.2) is 13.2 Å². The van der Waals surface area contributed by atoms with Crippen molar-refractivity contribution in [1.29, 1.82) is 0 Å². The molecule has 0 unspecified atom stereocenters. The molecule has 0 spiro atoms. The Bertz CT molecular complexity index is 857. The number of fused-ring (bicyclic) bond motifs is 1. The Labute approximate surface area is 135 Å². The highest BCUT2D eigenvalue weighted by atomic mass is 32.2. The first-order chi connectivity index (χ1) is 10.9. The van der Waals surface area contributed by atoms with Crippen molar-refractivity contribution in [2.45, 2.75) is 18.2 Å². The van der Waals surface area contributed by atoms with Gasteiger partial charge in [-0.1, -0.05) is 23.8 Å². The van der Waals surface area contributed by atoms with Gasteiger partial charge in [0.25, 0.3) is 10.0 Å². The van der Waals surface area contributed by atoms with Crippen LogP contribution in [0.3, 0.4) is 0 Å². The van der Waals surface area contributed by atoms with Crippen molar-refractivity contribution in [3.63, 3.8) is 0 Å². The van der Waals surface area contributed by atoms with Gasteiger partial charge >= 0.3 is 5.97 Å². The molecule has 0 aliphatic carbocycles. The summed E-state index contributed by atoms with van der Waals surface area (Å²) >= 11 is 0. The highest BCUT2D eigenvalue weighted by Gasteiger charge is 2.31. The molecule has 0 saturated carbocycles. The maximum absolute atomic E-state index is 12.9. The first-order valence-electron chi connectivity index (χ1n) is 7.24. The number of aryl methyl sites for hydroxylation is 1. The highest BCUT2D eigenvalue weighted by Crippen LogP contribution is 2.34. The Hall–Kier alpha value is -2.34. The molecule has 0 radical (unpaired) electrons. The Balaban J connectivity index is 2.04. The van der Waals surface area contributed by atoms with Gasteiger partial charge in [-0.05, 0) is 43.2 Å². The molecule has 1 aliphatic rings. The van der Waals surface area contributed by atoms with E-state index < -0.39 is 16.0 Å². The van der Waals surface area contributed by atoms with Crippen LogP contribution in [-0.4, -0.2) is 28.0 Å². The molecular formula is C17H17NO4S. The van der Waals surface area contributed by atoms with E-state index in [9.17, 15) is 13.2 Å². The number of anilines is 1. The number of carbonyl (C=O) groups excluding carboxylic acids is 1. The predicted molar refractivity (Wildman–Crippen MR) is 87.2 cm³/mol. The van der Waals surface area contributed by atoms with Crippen LogP contribution in [0.2, 0.25) is 0 Å². The summed E-state index contributed by atoms with van der Waals surface area (Å²) in [4.78, 5) is 11.9. The third kappa shape index (κ3) is 2.70. The summed E-state index contributed by atoms with van der Waals surface area (Å²) in [6.45, 7) is 2.28. The third-order valence-corrected chi connectivity index (χ3v) is 5.80. The lowest BCUT2D eigenvalue weighted by molar-refractivity contribution is 0.0601. The number of esters is 1. The minimum atomic E-state index is -3.64. The maximum Gasteiger partial charge on any atom is 0.337 e. The quantitative estimate of drug-likeness (QED) is 0.811. The number of carbonyl (C=O) groups is 1. The number of nitrogens with zero attached hydrogens (tertiary/aromatic N) is 1. The van der Waals surface area contributed by atoms with Crippen LogP contribution in [0, 0.1) is 6.92 Å². The van der Waals surface area contributed by atoms with Gasteiger partial charge in [-0.2, -0.15) is 0 Å². The summed E-state index contributed by atoms with van der Waals surface area (Å²) in [5.74, 6) is -0.479. The molecule has 6 heteroatoms. The SMILES string of the molecule is COC(=O)c1ccc2c(c1)N(S(=O)(=O)c1ccc(C)cc1)CC2. The Morgan fingerprint density at radius 2 is 1.83 bits per heavy atom. The zero-order valence-electron chi connectivity index (χ0n) is 12.9. The zero-order chi connectivity index (χ0) is 16.6. The average molecular weight is 331 g/mol. The summed E-state index contributed by atoms with van der Waals surface area (Å²) in [7, 11) is -2.33. The molecule has 1 heterocycles. The van der Waals surface area contributed by atoms with Crippen molar-refractivity contribution in [2.75, 3.05) is 18.0 Å². The van der Waals surface area contributed by atoms with Crippen LogP contribution < -0.4 is 4.31 Å². The van der Waals surface area contributed by atoms with Gasteiger partial charge < -0.3 is 4.74 Å². The lowest BCUT2D eigenvalue weighted by Gasteiger charge is -2.20. The first kappa shape index (κ1) is 15.6. The summed E-state index contributed by atoms with van der Waals surface area (Å²) in [5.41, 5.74) is 2.80. The van der Waals surface area contributed by atoms with E-state index in [0.717, 1.165) is 11.1 Å². The van der Waals surface area contributed by atoms with Crippen LogP contribution in [0.5, 0.6) is 0 Å². The van der Waals surface area contributed by atoms with E-state index in [1.165, 1.54) is 11.4 Å². The van der Waals surface area contributed by atoms with Crippen molar-refractivity contribution in [3.05, 3.63) is 59.2 Å². The minimum Gasteiger partial charge on any atom is -0.465 e. The smallest absolute Gasteiger partial charge is 0.337 e. The average Bonchev–Trinajstić information content (AvgIpc) is 2.98. The molecule has 23 heavy (non-hydrogen) atoms. The zero-order valence-corrected chi connectivity index (χ0v) is 13.8. The number of ether oxygens (including phenoxy) is 1. The van der Waals surface area contributed by atoms with Crippen molar-refractivity contribution in [1.82, 2.24) is 0 Å². The standard InChI is InChI=1S/C17H17NO4S/c1-12-3-7-15(8-4-12)23(20,21)18-10-9-13-5-6-14(11-16(13)18)17(19)22-2/h3-8,11H,9-10H2,1-2H3. The van der Waals surface area contributed by atoms with Gasteiger partial charge in [0, 0.05) is 6.54 Å². The Morgan fingerprint density at radius 3 is 2.48 bits per heavy atom. The lowest BCUT2D eigenvalue weighted by Crippen LogP contribution is -2.29.